The second-order valence-corrected chi connectivity index (χ2v) is 8.22. The molecule has 0 aromatic heterocycles. The number of carbonyl (C=O) groups is 1. The molecule has 0 radical (unpaired) electrons. The lowest BCUT2D eigenvalue weighted by atomic mass is 10.2. The Morgan fingerprint density at radius 2 is 2.10 bits per heavy atom. The third kappa shape index (κ3) is 4.10. The average Bonchev–Trinajstić information content (AvgIpc) is 2.61. The summed E-state index contributed by atoms with van der Waals surface area (Å²) in [4.78, 5) is 12.1. The summed E-state index contributed by atoms with van der Waals surface area (Å²) in [5, 5.41) is 1.97. The molecule has 20 heavy (non-hydrogen) atoms. The number of amides is 1. The zero-order chi connectivity index (χ0) is 14.8. The SMILES string of the molecule is O=C(CSc1ccccc1F)N[C@H]1CS(=O)(=O)C[C@H]1Cl. The topological polar surface area (TPSA) is 63.2 Å². The van der Waals surface area contributed by atoms with Gasteiger partial charge in [0, 0.05) is 4.90 Å². The van der Waals surface area contributed by atoms with Crippen molar-refractivity contribution in [3.05, 3.63) is 30.1 Å². The predicted octanol–water partition coefficient (Wildman–Crippen LogP) is 1.44. The molecule has 1 aliphatic rings. The molecule has 8 heteroatoms. The Bertz CT molecular complexity index is 608. The molecule has 1 fully saturated rings. The highest BCUT2D eigenvalue weighted by molar-refractivity contribution is 8.00. The molecule has 1 aromatic carbocycles. The molecular weight excluding hydrogens is 325 g/mol. The first-order valence-electron chi connectivity index (χ1n) is 5.88. The van der Waals surface area contributed by atoms with E-state index in [1.54, 1.807) is 18.2 Å². The molecule has 1 aliphatic heterocycles. The Balaban J connectivity index is 1.86. The largest absolute Gasteiger partial charge is 0.350 e. The molecule has 2 rings (SSSR count). The quantitative estimate of drug-likeness (QED) is 0.667. The van der Waals surface area contributed by atoms with Gasteiger partial charge in [-0.1, -0.05) is 12.1 Å². The normalized spacial score (nSPS) is 24.5. The van der Waals surface area contributed by atoms with E-state index in [9.17, 15) is 17.6 Å². The van der Waals surface area contributed by atoms with Gasteiger partial charge in [-0.05, 0) is 12.1 Å². The zero-order valence-electron chi connectivity index (χ0n) is 10.4. The second-order valence-electron chi connectivity index (χ2n) is 4.49. The number of benzene rings is 1. The van der Waals surface area contributed by atoms with Crippen LogP contribution in [-0.4, -0.2) is 43.0 Å². The van der Waals surface area contributed by atoms with Gasteiger partial charge in [-0.3, -0.25) is 4.79 Å². The van der Waals surface area contributed by atoms with E-state index in [-0.39, 0.29) is 29.0 Å². The average molecular weight is 338 g/mol. The lowest BCUT2D eigenvalue weighted by Gasteiger charge is -2.14. The van der Waals surface area contributed by atoms with Crippen LogP contribution in [-0.2, 0) is 14.6 Å². The van der Waals surface area contributed by atoms with Crippen molar-refractivity contribution in [1.82, 2.24) is 5.32 Å². The first kappa shape index (κ1) is 15.6. The summed E-state index contributed by atoms with van der Waals surface area (Å²) in [6.45, 7) is 0. The van der Waals surface area contributed by atoms with Crippen molar-refractivity contribution < 1.29 is 17.6 Å². The zero-order valence-corrected chi connectivity index (χ0v) is 12.8. The molecule has 4 nitrogen and oxygen atoms in total. The van der Waals surface area contributed by atoms with Crippen molar-refractivity contribution in [3.8, 4) is 0 Å². The Kier molecular flexibility index (Phi) is 4.93. The van der Waals surface area contributed by atoms with E-state index in [4.69, 9.17) is 11.6 Å². The van der Waals surface area contributed by atoms with Crippen molar-refractivity contribution in [3.63, 3.8) is 0 Å². The van der Waals surface area contributed by atoms with Crippen LogP contribution in [0.4, 0.5) is 4.39 Å². The number of halogens is 2. The molecule has 1 saturated heterocycles. The minimum absolute atomic E-state index is 0.0150. The Hall–Kier alpha value is -0.790. The molecule has 0 unspecified atom stereocenters. The van der Waals surface area contributed by atoms with Gasteiger partial charge in [0.25, 0.3) is 0 Å². The van der Waals surface area contributed by atoms with Gasteiger partial charge in [0.1, 0.15) is 5.82 Å². The molecule has 1 heterocycles. The third-order valence-corrected chi connectivity index (χ3v) is 6.25. The maximum atomic E-state index is 13.4. The molecule has 2 atom stereocenters. The molecule has 1 amide bonds. The van der Waals surface area contributed by atoms with Crippen molar-refractivity contribution in [2.75, 3.05) is 17.3 Å². The van der Waals surface area contributed by atoms with Gasteiger partial charge < -0.3 is 5.32 Å². The van der Waals surface area contributed by atoms with Crippen LogP contribution in [0.2, 0.25) is 0 Å². The van der Waals surface area contributed by atoms with Gasteiger partial charge in [-0.25, -0.2) is 12.8 Å². The lowest BCUT2D eigenvalue weighted by molar-refractivity contribution is -0.119. The summed E-state index contributed by atoms with van der Waals surface area (Å²) in [6.07, 6.45) is 0. The van der Waals surface area contributed by atoms with Crippen LogP contribution >= 0.6 is 23.4 Å². The van der Waals surface area contributed by atoms with E-state index in [1.807, 2.05) is 0 Å². The molecule has 1 aromatic rings. The van der Waals surface area contributed by atoms with Gasteiger partial charge in [0.15, 0.2) is 9.84 Å². The van der Waals surface area contributed by atoms with E-state index in [0.29, 0.717) is 4.90 Å². The minimum atomic E-state index is -3.18. The molecule has 0 saturated carbocycles. The fourth-order valence-electron chi connectivity index (χ4n) is 1.89. The number of nitrogens with one attached hydrogen (secondary N) is 1. The molecular formula is C12H13ClFNO3S2. The van der Waals surface area contributed by atoms with Crippen LogP contribution in [0.25, 0.3) is 0 Å². The van der Waals surface area contributed by atoms with Crippen LogP contribution in [0.3, 0.4) is 0 Å². The van der Waals surface area contributed by atoms with E-state index in [2.05, 4.69) is 5.32 Å². The Labute approximate surface area is 126 Å². The highest BCUT2D eigenvalue weighted by Gasteiger charge is 2.37. The van der Waals surface area contributed by atoms with Gasteiger partial charge >= 0.3 is 0 Å². The first-order valence-corrected chi connectivity index (χ1v) is 9.13. The fourth-order valence-corrected chi connectivity index (χ4v) is 5.19. The molecule has 110 valence electrons. The van der Waals surface area contributed by atoms with Crippen LogP contribution in [0.1, 0.15) is 0 Å². The molecule has 0 aliphatic carbocycles. The Morgan fingerprint density at radius 1 is 1.40 bits per heavy atom. The van der Waals surface area contributed by atoms with E-state index in [0.717, 1.165) is 11.8 Å². The standard InChI is InChI=1S/C12H13ClFNO3S2/c13-8-6-20(17,18)7-10(8)15-12(16)5-19-11-4-2-1-3-9(11)14/h1-4,8,10H,5-7H2,(H,15,16)/t8-,10+/m1/s1. The smallest absolute Gasteiger partial charge is 0.230 e. The van der Waals surface area contributed by atoms with Crippen molar-refractivity contribution in [2.24, 2.45) is 0 Å². The van der Waals surface area contributed by atoms with Crippen LogP contribution in [0, 0.1) is 5.82 Å². The molecule has 0 bridgehead atoms. The predicted molar refractivity (Wildman–Crippen MR) is 77.3 cm³/mol. The van der Waals surface area contributed by atoms with Crippen molar-refractivity contribution in [1.29, 1.82) is 0 Å². The van der Waals surface area contributed by atoms with Crippen molar-refractivity contribution >= 4 is 39.1 Å². The highest BCUT2D eigenvalue weighted by Crippen LogP contribution is 2.22. The summed E-state index contributed by atoms with van der Waals surface area (Å²) >= 11 is 6.95. The summed E-state index contributed by atoms with van der Waals surface area (Å²) in [5.41, 5.74) is 0. The number of thioether (sulfide) groups is 1. The number of rotatable bonds is 4. The number of alkyl halides is 1. The van der Waals surface area contributed by atoms with Crippen molar-refractivity contribution in [2.45, 2.75) is 16.3 Å². The van der Waals surface area contributed by atoms with E-state index < -0.39 is 21.3 Å². The van der Waals surface area contributed by atoms with Gasteiger partial charge in [0.05, 0.1) is 28.7 Å². The summed E-state index contributed by atoms with van der Waals surface area (Å²) in [7, 11) is -3.18. The molecule has 0 spiro atoms. The van der Waals surface area contributed by atoms with Gasteiger partial charge in [0.2, 0.25) is 5.91 Å². The van der Waals surface area contributed by atoms with Gasteiger partial charge in [-0.15, -0.1) is 23.4 Å². The number of hydrogen-bond donors (Lipinski definition) is 1. The van der Waals surface area contributed by atoms with Crippen LogP contribution in [0.5, 0.6) is 0 Å². The maximum absolute atomic E-state index is 13.4. The third-order valence-electron chi connectivity index (χ3n) is 2.83. The lowest BCUT2D eigenvalue weighted by Crippen LogP contribution is -2.41. The monoisotopic (exact) mass is 337 g/mol. The van der Waals surface area contributed by atoms with E-state index >= 15 is 0 Å². The second kappa shape index (κ2) is 6.32. The highest BCUT2D eigenvalue weighted by atomic mass is 35.5. The number of hydrogen-bond acceptors (Lipinski definition) is 4. The minimum Gasteiger partial charge on any atom is -0.350 e. The maximum Gasteiger partial charge on any atom is 0.230 e. The number of carbonyl (C=O) groups excluding carboxylic acids is 1. The molecule has 1 N–H and O–H groups in total. The van der Waals surface area contributed by atoms with Crippen LogP contribution < -0.4 is 5.32 Å². The number of sulfone groups is 1. The summed E-state index contributed by atoms with van der Waals surface area (Å²) in [6, 6.07) is 5.58. The van der Waals surface area contributed by atoms with Gasteiger partial charge in [-0.2, -0.15) is 0 Å². The van der Waals surface area contributed by atoms with Crippen LogP contribution in [0.15, 0.2) is 29.2 Å². The summed E-state index contributed by atoms with van der Waals surface area (Å²) < 4.78 is 36.1. The first-order chi connectivity index (χ1) is 9.37. The van der Waals surface area contributed by atoms with E-state index in [1.165, 1.54) is 6.07 Å². The fraction of sp³-hybridized carbons (Fsp3) is 0.417. The summed E-state index contributed by atoms with van der Waals surface area (Å²) in [5.74, 6) is -0.992. The Morgan fingerprint density at radius 3 is 2.70 bits per heavy atom.